The quantitative estimate of drug-likeness (QED) is 0.544. The zero-order chi connectivity index (χ0) is 18.1. The van der Waals surface area contributed by atoms with Crippen molar-refractivity contribution in [1.82, 2.24) is 9.55 Å². The average Bonchev–Trinajstić information content (AvgIpc) is 3.04. The fourth-order valence-electron chi connectivity index (χ4n) is 3.03. The van der Waals surface area contributed by atoms with Gasteiger partial charge >= 0.3 is 0 Å². The predicted molar refractivity (Wildman–Crippen MR) is 108 cm³/mol. The van der Waals surface area contributed by atoms with Crippen molar-refractivity contribution in [3.05, 3.63) is 64.7 Å². The fraction of sp³-hybridized carbons (Fsp3) is 0.200. The summed E-state index contributed by atoms with van der Waals surface area (Å²) >= 11 is 1.44. The molecule has 0 bridgehead atoms. The number of aryl methyl sites for hydroxylation is 1. The summed E-state index contributed by atoms with van der Waals surface area (Å²) in [6.45, 7) is 3.35. The molecule has 0 aliphatic carbocycles. The molecule has 0 saturated carbocycles. The molecule has 4 rings (SSSR count). The van der Waals surface area contributed by atoms with Crippen molar-refractivity contribution in [2.24, 2.45) is 0 Å². The van der Waals surface area contributed by atoms with Crippen LogP contribution in [0.5, 0.6) is 0 Å². The van der Waals surface area contributed by atoms with E-state index in [-0.39, 0.29) is 5.56 Å². The van der Waals surface area contributed by atoms with Gasteiger partial charge in [0, 0.05) is 48.2 Å². The Balaban J connectivity index is 1.88. The molecule has 6 heteroatoms. The second kappa shape index (κ2) is 6.90. The number of rotatable bonds is 5. The maximum absolute atomic E-state index is 13.1. The van der Waals surface area contributed by atoms with E-state index in [4.69, 9.17) is 4.74 Å². The first-order valence-corrected chi connectivity index (χ1v) is 9.23. The lowest BCUT2D eigenvalue weighted by Gasteiger charge is -2.08. The minimum atomic E-state index is -0.0165. The number of fused-ring (bicyclic) bond motifs is 3. The molecule has 3 heterocycles. The van der Waals surface area contributed by atoms with Crippen molar-refractivity contribution in [2.75, 3.05) is 25.6 Å². The van der Waals surface area contributed by atoms with Gasteiger partial charge in [-0.1, -0.05) is 17.7 Å². The van der Waals surface area contributed by atoms with Gasteiger partial charge in [-0.15, -0.1) is 11.3 Å². The predicted octanol–water partition coefficient (Wildman–Crippen LogP) is 3.97. The number of ether oxygens (including phenoxy) is 1. The number of thiophene rings is 1. The first kappa shape index (κ1) is 16.8. The smallest absolute Gasteiger partial charge is 0.273 e. The Morgan fingerprint density at radius 3 is 2.77 bits per heavy atom. The van der Waals surface area contributed by atoms with E-state index in [0.717, 1.165) is 31.7 Å². The fourth-order valence-corrected chi connectivity index (χ4v) is 4.13. The van der Waals surface area contributed by atoms with E-state index < -0.39 is 0 Å². The molecule has 0 aliphatic rings. The number of benzene rings is 1. The van der Waals surface area contributed by atoms with Crippen LogP contribution in [0.4, 0.5) is 5.69 Å². The molecule has 5 nitrogen and oxygen atoms in total. The summed E-state index contributed by atoms with van der Waals surface area (Å²) in [4.78, 5) is 18.4. The first-order chi connectivity index (χ1) is 12.7. The summed E-state index contributed by atoms with van der Waals surface area (Å²) in [5.74, 6) is 0. The van der Waals surface area contributed by atoms with Crippen molar-refractivity contribution in [2.45, 2.75) is 6.92 Å². The largest absolute Gasteiger partial charge is 0.383 e. The third kappa shape index (κ3) is 2.87. The van der Waals surface area contributed by atoms with Gasteiger partial charge in [-0.2, -0.15) is 0 Å². The third-order valence-corrected chi connectivity index (χ3v) is 5.47. The standard InChI is InChI=1S/C20H19N3O2S/c1-13-3-5-14(6-4-13)23-11-8-15-17-16(21-10-12-25-2)7-9-22-19(17)26-18(15)20(23)24/h3-9,11H,10,12H2,1-2H3,(H,21,22). The molecule has 0 saturated heterocycles. The molecular formula is C20H19N3O2S. The molecule has 0 fully saturated rings. The van der Waals surface area contributed by atoms with Gasteiger partial charge < -0.3 is 10.1 Å². The Labute approximate surface area is 154 Å². The van der Waals surface area contributed by atoms with Gasteiger partial charge in [0.05, 0.1) is 6.61 Å². The van der Waals surface area contributed by atoms with Crippen LogP contribution in [0.3, 0.4) is 0 Å². The van der Waals surface area contributed by atoms with E-state index in [0.29, 0.717) is 13.2 Å². The molecule has 0 atom stereocenters. The van der Waals surface area contributed by atoms with Gasteiger partial charge in [0.1, 0.15) is 9.53 Å². The second-order valence-electron chi connectivity index (χ2n) is 6.13. The van der Waals surface area contributed by atoms with Gasteiger partial charge in [0.15, 0.2) is 0 Å². The number of aromatic nitrogens is 2. The van der Waals surface area contributed by atoms with Gasteiger partial charge in [0.2, 0.25) is 0 Å². The zero-order valence-electron chi connectivity index (χ0n) is 14.7. The highest BCUT2D eigenvalue weighted by molar-refractivity contribution is 7.25. The van der Waals surface area contributed by atoms with E-state index in [1.54, 1.807) is 17.9 Å². The van der Waals surface area contributed by atoms with Crippen LogP contribution in [0.25, 0.3) is 26.0 Å². The van der Waals surface area contributed by atoms with Gasteiger partial charge in [-0.05, 0) is 31.2 Å². The minimum Gasteiger partial charge on any atom is -0.383 e. The van der Waals surface area contributed by atoms with Gasteiger partial charge in [0.25, 0.3) is 5.56 Å². The highest BCUT2D eigenvalue weighted by Crippen LogP contribution is 2.35. The minimum absolute atomic E-state index is 0.0165. The van der Waals surface area contributed by atoms with E-state index in [9.17, 15) is 4.79 Å². The summed E-state index contributed by atoms with van der Waals surface area (Å²) in [6.07, 6.45) is 3.61. The Hall–Kier alpha value is -2.70. The molecule has 0 aliphatic heterocycles. The lowest BCUT2D eigenvalue weighted by Crippen LogP contribution is -2.16. The highest BCUT2D eigenvalue weighted by atomic mass is 32.1. The monoisotopic (exact) mass is 365 g/mol. The van der Waals surface area contributed by atoms with Crippen LogP contribution in [0.15, 0.2) is 53.6 Å². The molecule has 0 amide bonds. The molecule has 26 heavy (non-hydrogen) atoms. The molecule has 0 unspecified atom stereocenters. The zero-order valence-corrected chi connectivity index (χ0v) is 15.5. The molecule has 3 aromatic heterocycles. The van der Waals surface area contributed by atoms with E-state index in [2.05, 4.69) is 10.3 Å². The highest BCUT2D eigenvalue weighted by Gasteiger charge is 2.14. The van der Waals surface area contributed by atoms with Crippen molar-refractivity contribution in [3.8, 4) is 5.69 Å². The van der Waals surface area contributed by atoms with E-state index in [1.807, 2.05) is 49.5 Å². The number of hydrogen-bond donors (Lipinski definition) is 1. The SMILES string of the molecule is COCCNc1ccnc2sc3c(=O)n(-c4ccc(C)cc4)ccc3c12. The first-order valence-electron chi connectivity index (χ1n) is 8.42. The van der Waals surface area contributed by atoms with Crippen LogP contribution in [-0.2, 0) is 4.74 Å². The van der Waals surface area contributed by atoms with Crippen LogP contribution < -0.4 is 10.9 Å². The molecule has 0 radical (unpaired) electrons. The molecule has 1 N–H and O–H groups in total. The number of pyridine rings is 2. The summed E-state index contributed by atoms with van der Waals surface area (Å²) in [6, 6.07) is 11.9. The van der Waals surface area contributed by atoms with Crippen LogP contribution in [0.1, 0.15) is 5.56 Å². The van der Waals surface area contributed by atoms with E-state index >= 15 is 0 Å². The number of anilines is 1. The topological polar surface area (TPSA) is 56.1 Å². The van der Waals surface area contributed by atoms with Crippen molar-refractivity contribution in [1.29, 1.82) is 0 Å². The molecular weight excluding hydrogens is 346 g/mol. The van der Waals surface area contributed by atoms with Crippen LogP contribution in [-0.4, -0.2) is 29.8 Å². The lowest BCUT2D eigenvalue weighted by molar-refractivity contribution is 0.211. The Morgan fingerprint density at radius 2 is 2.00 bits per heavy atom. The summed E-state index contributed by atoms with van der Waals surface area (Å²) in [7, 11) is 1.68. The molecule has 132 valence electrons. The van der Waals surface area contributed by atoms with Crippen molar-refractivity contribution in [3.63, 3.8) is 0 Å². The van der Waals surface area contributed by atoms with Gasteiger partial charge in [-0.3, -0.25) is 9.36 Å². The number of hydrogen-bond acceptors (Lipinski definition) is 5. The Bertz CT molecular complexity index is 1130. The normalized spacial score (nSPS) is 11.3. The average molecular weight is 365 g/mol. The molecule has 0 spiro atoms. The summed E-state index contributed by atoms with van der Waals surface area (Å²) in [5, 5.41) is 5.31. The number of nitrogens with zero attached hydrogens (tertiary/aromatic N) is 2. The van der Waals surface area contributed by atoms with E-state index in [1.165, 1.54) is 16.9 Å². The maximum atomic E-state index is 13.1. The van der Waals surface area contributed by atoms with Crippen LogP contribution >= 0.6 is 11.3 Å². The third-order valence-electron chi connectivity index (χ3n) is 4.37. The second-order valence-corrected chi connectivity index (χ2v) is 7.13. The number of nitrogens with one attached hydrogen (secondary N) is 1. The number of methoxy groups -OCH3 is 1. The Morgan fingerprint density at radius 1 is 1.19 bits per heavy atom. The maximum Gasteiger partial charge on any atom is 0.273 e. The summed E-state index contributed by atoms with van der Waals surface area (Å²) < 4.78 is 7.52. The van der Waals surface area contributed by atoms with Gasteiger partial charge in [-0.25, -0.2) is 4.98 Å². The molecule has 1 aromatic carbocycles. The van der Waals surface area contributed by atoms with Crippen LogP contribution in [0.2, 0.25) is 0 Å². The summed E-state index contributed by atoms with van der Waals surface area (Å²) in [5.41, 5.74) is 3.00. The lowest BCUT2D eigenvalue weighted by atomic mass is 10.2. The molecule has 4 aromatic rings. The van der Waals surface area contributed by atoms with Crippen molar-refractivity contribution >= 4 is 37.3 Å². The van der Waals surface area contributed by atoms with Crippen LogP contribution in [0, 0.1) is 6.92 Å². The Kier molecular flexibility index (Phi) is 4.44. The van der Waals surface area contributed by atoms with Crippen molar-refractivity contribution < 1.29 is 4.74 Å².